The molecule has 158 valence electrons. The van der Waals surface area contributed by atoms with Gasteiger partial charge in [-0.2, -0.15) is 5.10 Å². The van der Waals surface area contributed by atoms with Crippen molar-refractivity contribution >= 4 is 17.2 Å². The molecule has 31 heavy (non-hydrogen) atoms. The normalized spacial score (nSPS) is 10.9. The van der Waals surface area contributed by atoms with Crippen LogP contribution in [0.1, 0.15) is 23.2 Å². The van der Waals surface area contributed by atoms with Crippen molar-refractivity contribution in [3.8, 4) is 16.9 Å². The molecule has 0 radical (unpaired) electrons. The summed E-state index contributed by atoms with van der Waals surface area (Å²) in [6.07, 6.45) is 5.43. The first-order valence-corrected chi connectivity index (χ1v) is 10.8. The number of carbonyl (C=O) groups excluding carboxylic acids is 1. The number of carbonyl (C=O) groups is 1. The summed E-state index contributed by atoms with van der Waals surface area (Å²) in [5.41, 5.74) is 2.51. The molecule has 2 heterocycles. The Labute approximate surface area is 182 Å². The molecule has 8 heteroatoms. The number of unbranched alkanes of at least 4 members (excludes halogenated alkanes) is 1. The van der Waals surface area contributed by atoms with E-state index in [2.05, 4.69) is 10.4 Å². The zero-order valence-corrected chi connectivity index (χ0v) is 17.5. The third-order valence-electron chi connectivity index (χ3n) is 4.86. The van der Waals surface area contributed by atoms with E-state index in [9.17, 15) is 14.0 Å². The zero-order chi connectivity index (χ0) is 21.6. The van der Waals surface area contributed by atoms with Gasteiger partial charge in [0.2, 0.25) is 0 Å². The lowest BCUT2D eigenvalue weighted by molar-refractivity contribution is 0.0953. The monoisotopic (exact) mass is 436 g/mol. The maximum Gasteiger partial charge on any atom is 0.312 e. The summed E-state index contributed by atoms with van der Waals surface area (Å²) in [7, 11) is 0. The van der Waals surface area contributed by atoms with Gasteiger partial charge in [-0.3, -0.25) is 18.8 Å². The Hall–Kier alpha value is -3.52. The lowest BCUT2D eigenvalue weighted by atomic mass is 10.1. The first-order valence-electron chi connectivity index (χ1n) is 9.94. The third kappa shape index (κ3) is 4.97. The molecule has 0 unspecified atom stereocenters. The van der Waals surface area contributed by atoms with Gasteiger partial charge < -0.3 is 5.32 Å². The average molecular weight is 437 g/mol. The molecule has 0 fully saturated rings. The molecule has 0 spiro atoms. The molecule has 2 aromatic carbocycles. The van der Waals surface area contributed by atoms with Crippen LogP contribution in [0.3, 0.4) is 0 Å². The van der Waals surface area contributed by atoms with Crippen LogP contribution in [0.15, 0.2) is 77.2 Å². The smallest absolute Gasteiger partial charge is 0.312 e. The number of aryl methyl sites for hydroxylation is 1. The van der Waals surface area contributed by atoms with E-state index in [1.54, 1.807) is 41.9 Å². The van der Waals surface area contributed by atoms with Crippen molar-refractivity contribution in [3.63, 3.8) is 0 Å². The van der Waals surface area contributed by atoms with Gasteiger partial charge in [-0.05, 0) is 55.3 Å². The topological polar surface area (TPSA) is 68.9 Å². The highest BCUT2D eigenvalue weighted by molar-refractivity contribution is 7.07. The minimum absolute atomic E-state index is 0.160. The molecule has 0 atom stereocenters. The second-order valence-electron chi connectivity index (χ2n) is 7.01. The molecule has 0 aliphatic carbocycles. The standard InChI is InChI=1S/C23H21FN4O2S/c24-19-7-9-20(10-8-19)28-21(16-31-23(28)30)17-5-3-6-18(15-17)22(29)25-11-1-2-13-27-14-4-12-26-27/h3-10,12,14-16H,1-2,11,13H2,(H,25,29). The Kier molecular flexibility index (Phi) is 6.37. The lowest BCUT2D eigenvalue weighted by Crippen LogP contribution is -2.24. The Balaban J connectivity index is 1.44. The quantitative estimate of drug-likeness (QED) is 0.423. The predicted molar refractivity (Wildman–Crippen MR) is 119 cm³/mol. The molecule has 2 aromatic heterocycles. The summed E-state index contributed by atoms with van der Waals surface area (Å²) < 4.78 is 16.7. The van der Waals surface area contributed by atoms with Gasteiger partial charge in [-0.25, -0.2) is 4.39 Å². The third-order valence-corrected chi connectivity index (χ3v) is 5.58. The highest BCUT2D eigenvalue weighted by Crippen LogP contribution is 2.24. The van der Waals surface area contributed by atoms with E-state index in [-0.39, 0.29) is 16.6 Å². The van der Waals surface area contributed by atoms with E-state index in [0.29, 0.717) is 23.5 Å². The number of hydrogen-bond donors (Lipinski definition) is 1. The maximum atomic E-state index is 13.3. The van der Waals surface area contributed by atoms with Crippen molar-refractivity contribution in [1.29, 1.82) is 0 Å². The van der Waals surface area contributed by atoms with Crippen molar-refractivity contribution in [2.45, 2.75) is 19.4 Å². The van der Waals surface area contributed by atoms with Crippen molar-refractivity contribution < 1.29 is 9.18 Å². The SMILES string of the molecule is O=C(NCCCCn1cccn1)c1cccc(-c2csc(=O)n2-c2ccc(F)cc2)c1. The van der Waals surface area contributed by atoms with Crippen molar-refractivity contribution in [1.82, 2.24) is 19.7 Å². The Morgan fingerprint density at radius 2 is 1.94 bits per heavy atom. The summed E-state index contributed by atoms with van der Waals surface area (Å²) in [4.78, 5) is 24.8. The summed E-state index contributed by atoms with van der Waals surface area (Å²) in [5, 5.41) is 8.84. The number of benzene rings is 2. The van der Waals surface area contributed by atoms with Gasteiger partial charge in [0.25, 0.3) is 5.91 Å². The fraction of sp³-hybridized carbons (Fsp3) is 0.174. The van der Waals surface area contributed by atoms with E-state index in [1.807, 2.05) is 23.0 Å². The van der Waals surface area contributed by atoms with Crippen LogP contribution in [-0.2, 0) is 6.54 Å². The summed E-state index contributed by atoms with van der Waals surface area (Å²) >= 11 is 1.06. The van der Waals surface area contributed by atoms with E-state index in [1.165, 1.54) is 16.7 Å². The molecule has 1 amide bonds. The molecular weight excluding hydrogens is 415 g/mol. The van der Waals surface area contributed by atoms with Gasteiger partial charge in [0.05, 0.1) is 11.4 Å². The number of thiazole rings is 1. The molecule has 6 nitrogen and oxygen atoms in total. The lowest BCUT2D eigenvalue weighted by Gasteiger charge is -2.10. The second kappa shape index (κ2) is 9.53. The van der Waals surface area contributed by atoms with Gasteiger partial charge in [0.1, 0.15) is 5.82 Å². The molecule has 0 aliphatic rings. The van der Waals surface area contributed by atoms with E-state index >= 15 is 0 Å². The molecule has 1 N–H and O–H groups in total. The maximum absolute atomic E-state index is 13.3. The van der Waals surface area contributed by atoms with Crippen LogP contribution in [0.4, 0.5) is 4.39 Å². The average Bonchev–Trinajstić information content (AvgIpc) is 3.44. The first kappa shape index (κ1) is 20.7. The van der Waals surface area contributed by atoms with Crippen molar-refractivity contribution in [3.05, 3.63) is 93.4 Å². The summed E-state index contributed by atoms with van der Waals surface area (Å²) in [5.74, 6) is -0.524. The summed E-state index contributed by atoms with van der Waals surface area (Å²) in [6, 6.07) is 14.8. The molecule has 0 saturated heterocycles. The van der Waals surface area contributed by atoms with Crippen LogP contribution in [0, 0.1) is 5.82 Å². The van der Waals surface area contributed by atoms with Crippen LogP contribution in [0.5, 0.6) is 0 Å². The number of nitrogens with one attached hydrogen (secondary N) is 1. The zero-order valence-electron chi connectivity index (χ0n) is 16.7. The minimum Gasteiger partial charge on any atom is -0.352 e. The van der Waals surface area contributed by atoms with E-state index < -0.39 is 0 Å². The number of hydrogen-bond acceptors (Lipinski definition) is 4. The number of halogens is 1. The molecule has 4 rings (SSSR count). The Morgan fingerprint density at radius 3 is 2.71 bits per heavy atom. The predicted octanol–water partition coefficient (Wildman–Crippen LogP) is 4.11. The summed E-state index contributed by atoms with van der Waals surface area (Å²) in [6.45, 7) is 1.39. The van der Waals surface area contributed by atoms with Gasteiger partial charge in [-0.15, -0.1) is 0 Å². The highest BCUT2D eigenvalue weighted by atomic mass is 32.1. The molecular formula is C23H21FN4O2S. The van der Waals surface area contributed by atoms with Gasteiger partial charge >= 0.3 is 4.87 Å². The van der Waals surface area contributed by atoms with Crippen LogP contribution in [0.25, 0.3) is 16.9 Å². The molecule has 0 aliphatic heterocycles. The second-order valence-corrected chi connectivity index (χ2v) is 7.83. The van der Waals surface area contributed by atoms with Crippen LogP contribution < -0.4 is 10.2 Å². The Bertz CT molecular complexity index is 1210. The van der Waals surface area contributed by atoms with Crippen LogP contribution in [-0.4, -0.2) is 26.8 Å². The van der Waals surface area contributed by atoms with E-state index in [0.717, 1.165) is 36.3 Å². The van der Waals surface area contributed by atoms with Gasteiger partial charge in [-0.1, -0.05) is 23.5 Å². The largest absolute Gasteiger partial charge is 0.352 e. The van der Waals surface area contributed by atoms with E-state index in [4.69, 9.17) is 0 Å². The molecule has 4 aromatic rings. The molecule has 0 saturated carbocycles. The fourth-order valence-electron chi connectivity index (χ4n) is 3.30. The minimum atomic E-state index is -0.364. The molecule has 0 bridgehead atoms. The number of amides is 1. The number of nitrogens with zero attached hydrogens (tertiary/aromatic N) is 3. The highest BCUT2D eigenvalue weighted by Gasteiger charge is 2.13. The van der Waals surface area contributed by atoms with Crippen LogP contribution >= 0.6 is 11.3 Å². The fourth-order valence-corrected chi connectivity index (χ4v) is 4.06. The number of aromatic nitrogens is 3. The van der Waals surface area contributed by atoms with Crippen molar-refractivity contribution in [2.75, 3.05) is 6.54 Å². The first-order chi connectivity index (χ1) is 15.1. The van der Waals surface area contributed by atoms with Crippen molar-refractivity contribution in [2.24, 2.45) is 0 Å². The van der Waals surface area contributed by atoms with Gasteiger partial charge in [0.15, 0.2) is 0 Å². The number of rotatable bonds is 8. The van der Waals surface area contributed by atoms with Gasteiger partial charge in [0, 0.05) is 42.0 Å². The van der Waals surface area contributed by atoms with Crippen LogP contribution in [0.2, 0.25) is 0 Å². The Morgan fingerprint density at radius 1 is 1.10 bits per heavy atom.